The fourth-order valence-electron chi connectivity index (χ4n) is 3.66. The predicted octanol–water partition coefficient (Wildman–Crippen LogP) is 4.41. The molecular weight excluding hydrogens is 476 g/mol. The maximum atomic E-state index is 12.8. The van der Waals surface area contributed by atoms with Gasteiger partial charge in [-0.25, -0.2) is 5.48 Å². The van der Waals surface area contributed by atoms with Crippen molar-refractivity contribution >= 4 is 11.8 Å². The van der Waals surface area contributed by atoms with Gasteiger partial charge in [0.1, 0.15) is 24.0 Å². The van der Waals surface area contributed by atoms with E-state index >= 15 is 0 Å². The van der Waals surface area contributed by atoms with E-state index in [2.05, 4.69) is 5.32 Å². The smallest absolute Gasteiger partial charge is 0.251 e. The molecule has 3 rings (SSSR count). The van der Waals surface area contributed by atoms with Gasteiger partial charge in [-0.15, -0.1) is 0 Å². The zero-order chi connectivity index (χ0) is 26.6. The van der Waals surface area contributed by atoms with E-state index in [1.807, 2.05) is 48.5 Å². The molecular formula is C28H32N2O7. The van der Waals surface area contributed by atoms with Crippen molar-refractivity contribution in [2.24, 2.45) is 5.92 Å². The highest BCUT2D eigenvalue weighted by Gasteiger charge is 2.21. The van der Waals surface area contributed by atoms with Gasteiger partial charge < -0.3 is 24.3 Å². The normalized spacial score (nSPS) is 12.3. The molecule has 37 heavy (non-hydrogen) atoms. The SMILES string of the molecule is COCOC[C@H](C[C@H](C)C(=O)NO)NC(=O)c1ccc(Oc2ccc(-c3ccc(OC)cc3)cc2)cc1. The summed E-state index contributed by atoms with van der Waals surface area (Å²) in [5, 5.41) is 11.7. The van der Waals surface area contributed by atoms with Gasteiger partial charge in [0.05, 0.1) is 19.8 Å². The fourth-order valence-corrected chi connectivity index (χ4v) is 3.66. The van der Waals surface area contributed by atoms with Gasteiger partial charge in [-0.1, -0.05) is 31.2 Å². The largest absolute Gasteiger partial charge is 0.497 e. The summed E-state index contributed by atoms with van der Waals surface area (Å²) in [6.45, 7) is 1.85. The molecule has 0 aliphatic rings. The van der Waals surface area contributed by atoms with Gasteiger partial charge in [-0.05, 0) is 66.1 Å². The number of carbonyl (C=O) groups excluding carboxylic acids is 2. The Morgan fingerprint density at radius 1 is 0.838 bits per heavy atom. The van der Waals surface area contributed by atoms with Gasteiger partial charge in [0.15, 0.2) is 0 Å². The summed E-state index contributed by atoms with van der Waals surface area (Å²) in [6.07, 6.45) is 0.273. The van der Waals surface area contributed by atoms with Crippen molar-refractivity contribution in [2.75, 3.05) is 27.6 Å². The van der Waals surface area contributed by atoms with Gasteiger partial charge in [-0.3, -0.25) is 14.8 Å². The molecule has 0 unspecified atom stereocenters. The minimum absolute atomic E-state index is 0.0556. The Morgan fingerprint density at radius 3 is 1.89 bits per heavy atom. The van der Waals surface area contributed by atoms with Crippen LogP contribution in [0.25, 0.3) is 11.1 Å². The zero-order valence-corrected chi connectivity index (χ0v) is 21.1. The van der Waals surface area contributed by atoms with Crippen LogP contribution in [0, 0.1) is 5.92 Å². The molecule has 2 atom stereocenters. The second kappa shape index (κ2) is 14.0. The molecule has 3 N–H and O–H groups in total. The molecule has 0 saturated heterocycles. The molecule has 3 aromatic rings. The zero-order valence-electron chi connectivity index (χ0n) is 21.1. The molecule has 0 aromatic heterocycles. The Labute approximate surface area is 216 Å². The summed E-state index contributed by atoms with van der Waals surface area (Å²) in [6, 6.07) is 21.8. The summed E-state index contributed by atoms with van der Waals surface area (Å²) in [4.78, 5) is 24.5. The first-order valence-electron chi connectivity index (χ1n) is 11.8. The van der Waals surface area contributed by atoms with Crippen molar-refractivity contribution in [3.05, 3.63) is 78.4 Å². The van der Waals surface area contributed by atoms with Crippen LogP contribution in [0.15, 0.2) is 72.8 Å². The van der Waals surface area contributed by atoms with E-state index in [0.29, 0.717) is 17.1 Å². The highest BCUT2D eigenvalue weighted by molar-refractivity contribution is 5.94. The number of rotatable bonds is 13. The molecule has 0 aliphatic heterocycles. The van der Waals surface area contributed by atoms with Crippen molar-refractivity contribution in [2.45, 2.75) is 19.4 Å². The summed E-state index contributed by atoms with van der Waals surface area (Å²) >= 11 is 0. The van der Waals surface area contributed by atoms with Gasteiger partial charge in [0.2, 0.25) is 5.91 Å². The van der Waals surface area contributed by atoms with Crippen LogP contribution in [-0.2, 0) is 14.3 Å². The van der Waals surface area contributed by atoms with E-state index < -0.39 is 17.9 Å². The quantitative estimate of drug-likeness (QED) is 0.136. The number of ether oxygens (including phenoxy) is 4. The monoisotopic (exact) mass is 508 g/mol. The third-order valence-corrected chi connectivity index (χ3v) is 5.68. The Kier molecular flexibility index (Phi) is 10.5. The number of methoxy groups -OCH3 is 2. The van der Waals surface area contributed by atoms with E-state index in [1.54, 1.807) is 43.8 Å². The summed E-state index contributed by atoms with van der Waals surface area (Å²) in [5.41, 5.74) is 4.18. The summed E-state index contributed by atoms with van der Waals surface area (Å²) in [7, 11) is 3.13. The Hall–Kier alpha value is -3.92. The highest BCUT2D eigenvalue weighted by Crippen LogP contribution is 2.27. The Bertz CT molecular complexity index is 1130. The molecule has 0 bridgehead atoms. The van der Waals surface area contributed by atoms with E-state index in [0.717, 1.165) is 16.9 Å². The van der Waals surface area contributed by atoms with E-state index in [1.165, 1.54) is 7.11 Å². The van der Waals surface area contributed by atoms with Crippen molar-refractivity contribution in [1.82, 2.24) is 10.8 Å². The molecule has 0 heterocycles. The van der Waals surface area contributed by atoms with E-state index in [4.69, 9.17) is 24.2 Å². The lowest BCUT2D eigenvalue weighted by molar-refractivity contribution is -0.133. The van der Waals surface area contributed by atoms with Crippen molar-refractivity contribution in [1.29, 1.82) is 0 Å². The lowest BCUT2D eigenvalue weighted by Gasteiger charge is -2.21. The molecule has 0 aliphatic carbocycles. The topological polar surface area (TPSA) is 115 Å². The molecule has 2 amide bonds. The molecule has 0 radical (unpaired) electrons. The van der Waals surface area contributed by atoms with E-state index in [-0.39, 0.29) is 25.7 Å². The van der Waals surface area contributed by atoms with Crippen molar-refractivity contribution in [3.63, 3.8) is 0 Å². The first-order valence-corrected chi connectivity index (χ1v) is 11.8. The van der Waals surface area contributed by atoms with Crippen LogP contribution >= 0.6 is 0 Å². The van der Waals surface area contributed by atoms with Gasteiger partial charge in [0.25, 0.3) is 5.91 Å². The van der Waals surface area contributed by atoms with Crippen LogP contribution in [0.3, 0.4) is 0 Å². The molecule has 0 fully saturated rings. The molecule has 0 saturated carbocycles. The average molecular weight is 509 g/mol. The number of nitrogens with one attached hydrogen (secondary N) is 2. The lowest BCUT2D eigenvalue weighted by atomic mass is 10.0. The number of hydrogen-bond donors (Lipinski definition) is 3. The number of carbonyl (C=O) groups is 2. The Balaban J connectivity index is 1.59. The van der Waals surface area contributed by atoms with Crippen molar-refractivity contribution in [3.8, 4) is 28.4 Å². The van der Waals surface area contributed by atoms with Crippen molar-refractivity contribution < 1.29 is 33.7 Å². The van der Waals surface area contributed by atoms with Crippen LogP contribution < -0.4 is 20.3 Å². The summed E-state index contributed by atoms with van der Waals surface area (Å²) < 4.78 is 21.4. The first-order chi connectivity index (χ1) is 17.9. The minimum Gasteiger partial charge on any atom is -0.497 e. The van der Waals surface area contributed by atoms with Crippen LogP contribution in [0.2, 0.25) is 0 Å². The molecule has 196 valence electrons. The maximum absolute atomic E-state index is 12.8. The third-order valence-electron chi connectivity index (χ3n) is 5.68. The van der Waals surface area contributed by atoms with Crippen LogP contribution in [-0.4, -0.2) is 50.7 Å². The minimum atomic E-state index is -0.537. The third kappa shape index (κ3) is 8.32. The van der Waals surface area contributed by atoms with Gasteiger partial charge in [-0.2, -0.15) is 0 Å². The van der Waals surface area contributed by atoms with Crippen LogP contribution in [0.5, 0.6) is 17.2 Å². The average Bonchev–Trinajstić information content (AvgIpc) is 2.93. The second-order valence-electron chi connectivity index (χ2n) is 8.44. The standard InChI is InChI=1S/C28H32N2O7/c1-19(27(31)30-33)16-23(17-36-18-34-2)29-28(32)22-8-14-26(15-9-22)37-25-12-6-21(7-13-25)20-4-10-24(35-3)11-5-20/h4-15,19,23,33H,16-18H2,1-3H3,(H,29,32)(H,30,31)/t19-,23-/m0/s1. The lowest BCUT2D eigenvalue weighted by Crippen LogP contribution is -2.41. The number of amides is 2. The highest BCUT2D eigenvalue weighted by atomic mass is 16.7. The van der Waals surface area contributed by atoms with Gasteiger partial charge in [0, 0.05) is 18.6 Å². The number of hydrogen-bond acceptors (Lipinski definition) is 7. The molecule has 0 spiro atoms. The molecule has 9 heteroatoms. The van der Waals surface area contributed by atoms with Crippen LogP contribution in [0.1, 0.15) is 23.7 Å². The van der Waals surface area contributed by atoms with Gasteiger partial charge >= 0.3 is 0 Å². The Morgan fingerprint density at radius 2 is 1.38 bits per heavy atom. The predicted molar refractivity (Wildman–Crippen MR) is 138 cm³/mol. The first kappa shape index (κ1) is 27.7. The number of hydroxylamine groups is 1. The summed E-state index contributed by atoms with van der Waals surface area (Å²) in [5.74, 6) is 0.665. The number of benzene rings is 3. The molecule has 3 aromatic carbocycles. The molecule has 9 nitrogen and oxygen atoms in total. The fraction of sp³-hybridized carbons (Fsp3) is 0.286. The van der Waals surface area contributed by atoms with Crippen LogP contribution in [0.4, 0.5) is 0 Å². The van der Waals surface area contributed by atoms with E-state index in [9.17, 15) is 9.59 Å². The maximum Gasteiger partial charge on any atom is 0.251 e. The second-order valence-corrected chi connectivity index (χ2v) is 8.44.